The number of hydrogen-bond donors (Lipinski definition) is 4. The van der Waals surface area contributed by atoms with Crippen LogP contribution >= 0.6 is 0 Å². The van der Waals surface area contributed by atoms with E-state index in [4.69, 9.17) is 29.5 Å². The molecule has 0 aromatic heterocycles. The lowest BCUT2D eigenvalue weighted by atomic mass is 10.1. The Morgan fingerprint density at radius 2 is 1.47 bits per heavy atom. The fraction of sp³-hybridized carbons (Fsp3) is 0.382. The van der Waals surface area contributed by atoms with Crippen LogP contribution in [0.5, 0.6) is 5.75 Å². The monoisotopic (exact) mass is 647 g/mol. The molecule has 1 fully saturated rings. The van der Waals surface area contributed by atoms with Gasteiger partial charge >= 0.3 is 0 Å². The molecule has 0 spiro atoms. The van der Waals surface area contributed by atoms with Crippen molar-refractivity contribution in [1.82, 2.24) is 4.90 Å². The molecule has 2 aliphatic rings. The number of carbonyl (C=O) groups excluding carboxylic acids is 3. The first-order valence-electron chi connectivity index (χ1n) is 15.7. The summed E-state index contributed by atoms with van der Waals surface area (Å²) >= 11 is 0. The zero-order valence-electron chi connectivity index (χ0n) is 26.2. The third-order valence-corrected chi connectivity index (χ3v) is 7.35. The average molecular weight is 648 g/mol. The van der Waals surface area contributed by atoms with E-state index in [0.717, 1.165) is 24.1 Å². The van der Waals surface area contributed by atoms with Crippen molar-refractivity contribution in [1.29, 1.82) is 0 Å². The fourth-order valence-corrected chi connectivity index (χ4v) is 4.77. The molecular weight excluding hydrogens is 606 g/mol. The molecule has 0 bridgehead atoms. The van der Waals surface area contributed by atoms with Gasteiger partial charge in [-0.3, -0.25) is 24.7 Å². The van der Waals surface area contributed by atoms with Crippen LogP contribution in [0.4, 0.5) is 17.1 Å². The number of benzene rings is 3. The highest BCUT2D eigenvalue weighted by atomic mass is 16.7. The van der Waals surface area contributed by atoms with E-state index in [1.807, 2.05) is 17.0 Å². The summed E-state index contributed by atoms with van der Waals surface area (Å²) in [4.78, 5) is 45.2. The summed E-state index contributed by atoms with van der Waals surface area (Å²) < 4.78 is 21.6. The van der Waals surface area contributed by atoms with E-state index in [9.17, 15) is 14.4 Å². The molecule has 0 unspecified atom stereocenters. The lowest BCUT2D eigenvalue weighted by molar-refractivity contribution is -0.118. The lowest BCUT2D eigenvalue weighted by Gasteiger charge is -2.24. The SMILES string of the molecule is NCCOCCOCCOCCONc1ccc(NC(=O)c2ccc(CN(C(=O)c3ccc4c(c3)OCC(=O)N4)C3CC3)cc2)cc1. The van der Waals surface area contributed by atoms with Crippen LogP contribution in [0.15, 0.2) is 66.7 Å². The molecule has 0 atom stereocenters. The molecule has 3 aromatic rings. The lowest BCUT2D eigenvalue weighted by Crippen LogP contribution is -2.33. The number of fused-ring (bicyclic) bond motifs is 1. The Labute approximate surface area is 273 Å². The van der Waals surface area contributed by atoms with Gasteiger partial charge in [0.05, 0.1) is 57.6 Å². The highest BCUT2D eigenvalue weighted by Crippen LogP contribution is 2.33. The third kappa shape index (κ3) is 10.5. The Hall–Kier alpha value is -4.53. The maximum atomic E-state index is 13.4. The van der Waals surface area contributed by atoms with Crippen LogP contribution in [0.25, 0.3) is 0 Å². The standard InChI is InChI=1S/C34H41N5O8/c35-13-14-43-15-16-44-17-18-45-19-20-47-38-28-8-6-27(7-9-28)36-33(41)25-3-1-24(2-4-25)22-39(29-10-11-29)34(42)26-5-12-30-31(21-26)46-23-32(40)37-30/h1-9,12,21,29,38H,10-11,13-20,22-23,35H2,(H,36,41)(H,37,40). The van der Waals surface area contributed by atoms with Gasteiger partial charge in [0.1, 0.15) is 5.75 Å². The minimum Gasteiger partial charge on any atom is -0.482 e. The van der Waals surface area contributed by atoms with Gasteiger partial charge in [0, 0.05) is 35.9 Å². The highest BCUT2D eigenvalue weighted by Gasteiger charge is 2.33. The van der Waals surface area contributed by atoms with Crippen LogP contribution < -0.4 is 26.6 Å². The van der Waals surface area contributed by atoms with Crippen LogP contribution in [0, 0.1) is 0 Å². The summed E-state index contributed by atoms with van der Waals surface area (Å²) in [6.45, 7) is 4.11. The third-order valence-electron chi connectivity index (χ3n) is 7.35. The van der Waals surface area contributed by atoms with Gasteiger partial charge in [0.15, 0.2) is 6.61 Å². The molecule has 1 aliphatic carbocycles. The first-order valence-corrected chi connectivity index (χ1v) is 15.7. The first-order chi connectivity index (χ1) is 23.0. The van der Waals surface area contributed by atoms with Gasteiger partial charge in [-0.1, -0.05) is 12.1 Å². The summed E-state index contributed by atoms with van der Waals surface area (Å²) in [5, 5.41) is 5.64. The zero-order chi connectivity index (χ0) is 32.8. The molecule has 5 rings (SSSR count). The Morgan fingerprint density at radius 3 is 2.15 bits per heavy atom. The van der Waals surface area contributed by atoms with Crippen LogP contribution in [0.3, 0.4) is 0 Å². The van der Waals surface area contributed by atoms with E-state index in [1.165, 1.54) is 0 Å². The first kappa shape index (κ1) is 33.8. The number of nitrogens with one attached hydrogen (secondary N) is 3. The Balaban J connectivity index is 1.02. The number of nitrogens with zero attached hydrogens (tertiary/aromatic N) is 1. The molecule has 1 saturated carbocycles. The van der Waals surface area contributed by atoms with Gasteiger partial charge in [-0.05, 0) is 73.0 Å². The largest absolute Gasteiger partial charge is 0.482 e. The molecule has 3 aromatic carbocycles. The maximum Gasteiger partial charge on any atom is 0.262 e. The van der Waals surface area contributed by atoms with E-state index in [2.05, 4.69) is 16.1 Å². The Morgan fingerprint density at radius 1 is 0.830 bits per heavy atom. The van der Waals surface area contributed by atoms with Gasteiger partial charge in [-0.25, -0.2) is 0 Å². The van der Waals surface area contributed by atoms with Gasteiger partial charge in [0.25, 0.3) is 17.7 Å². The summed E-state index contributed by atoms with van der Waals surface area (Å²) in [7, 11) is 0. The molecule has 1 aliphatic heterocycles. The van der Waals surface area contributed by atoms with Gasteiger partial charge in [-0.15, -0.1) is 0 Å². The summed E-state index contributed by atoms with van der Waals surface area (Å²) in [6.07, 6.45) is 1.89. The van der Waals surface area contributed by atoms with Gasteiger partial charge in [0.2, 0.25) is 0 Å². The second-order valence-corrected chi connectivity index (χ2v) is 11.0. The number of nitrogens with two attached hydrogens (primary N) is 1. The number of anilines is 3. The molecule has 0 radical (unpaired) electrons. The van der Waals surface area contributed by atoms with Crippen molar-refractivity contribution in [3.8, 4) is 5.75 Å². The molecular formula is C34H41N5O8. The molecule has 13 heteroatoms. The van der Waals surface area contributed by atoms with Crippen LogP contribution in [0.1, 0.15) is 39.1 Å². The second kappa shape index (κ2) is 17.4. The van der Waals surface area contributed by atoms with Crippen molar-refractivity contribution < 1.29 is 38.2 Å². The highest BCUT2D eigenvalue weighted by molar-refractivity contribution is 6.04. The van der Waals surface area contributed by atoms with Crippen LogP contribution in [-0.2, 0) is 30.4 Å². The Kier molecular flexibility index (Phi) is 12.5. The van der Waals surface area contributed by atoms with Crippen molar-refractivity contribution in [3.05, 3.63) is 83.4 Å². The average Bonchev–Trinajstić information content (AvgIpc) is 3.94. The fourth-order valence-electron chi connectivity index (χ4n) is 4.77. The normalized spacial score (nSPS) is 13.7. The molecule has 1 heterocycles. The van der Waals surface area contributed by atoms with E-state index in [1.54, 1.807) is 54.6 Å². The molecule has 13 nitrogen and oxygen atoms in total. The van der Waals surface area contributed by atoms with Crippen molar-refractivity contribution in [2.45, 2.75) is 25.4 Å². The molecule has 5 N–H and O–H groups in total. The smallest absolute Gasteiger partial charge is 0.262 e. The molecule has 47 heavy (non-hydrogen) atoms. The van der Waals surface area contributed by atoms with Crippen molar-refractivity contribution in [3.63, 3.8) is 0 Å². The summed E-state index contributed by atoms with van der Waals surface area (Å²) in [6, 6.07) is 19.6. The topological polar surface area (TPSA) is 163 Å². The number of carbonyl (C=O) groups is 3. The number of ether oxygens (including phenoxy) is 4. The van der Waals surface area contributed by atoms with Gasteiger partial charge in [-0.2, -0.15) is 0 Å². The van der Waals surface area contributed by atoms with Crippen molar-refractivity contribution in [2.24, 2.45) is 5.73 Å². The second-order valence-electron chi connectivity index (χ2n) is 11.0. The van der Waals surface area contributed by atoms with E-state index < -0.39 is 0 Å². The van der Waals surface area contributed by atoms with Crippen LogP contribution in [-0.4, -0.2) is 88.1 Å². The Bertz CT molecular complexity index is 1480. The van der Waals surface area contributed by atoms with Crippen molar-refractivity contribution in [2.75, 3.05) is 75.5 Å². The van der Waals surface area contributed by atoms with E-state index in [0.29, 0.717) is 87.6 Å². The summed E-state index contributed by atoms with van der Waals surface area (Å²) in [5.41, 5.74) is 12.1. The zero-order valence-corrected chi connectivity index (χ0v) is 26.2. The minimum absolute atomic E-state index is 0.0727. The van der Waals surface area contributed by atoms with E-state index >= 15 is 0 Å². The van der Waals surface area contributed by atoms with Crippen LogP contribution in [0.2, 0.25) is 0 Å². The molecule has 3 amide bonds. The predicted octanol–water partition coefficient (Wildman–Crippen LogP) is 3.43. The van der Waals surface area contributed by atoms with E-state index in [-0.39, 0.29) is 30.4 Å². The van der Waals surface area contributed by atoms with Crippen molar-refractivity contribution >= 4 is 34.8 Å². The maximum absolute atomic E-state index is 13.4. The predicted molar refractivity (Wildman–Crippen MR) is 175 cm³/mol. The number of amides is 3. The quantitative estimate of drug-likeness (QED) is 0.112. The number of rotatable bonds is 19. The molecule has 250 valence electrons. The molecule has 0 saturated heterocycles. The number of hydrogen-bond acceptors (Lipinski definition) is 10. The minimum atomic E-state index is -0.242. The van der Waals surface area contributed by atoms with Gasteiger partial charge < -0.3 is 40.2 Å². The summed E-state index contributed by atoms with van der Waals surface area (Å²) in [5.74, 6) is -0.0744.